The van der Waals surface area contributed by atoms with Gasteiger partial charge in [-0.15, -0.1) is 0 Å². The van der Waals surface area contributed by atoms with E-state index in [4.69, 9.17) is 4.42 Å². The van der Waals surface area contributed by atoms with Crippen molar-refractivity contribution in [2.45, 2.75) is 19.4 Å². The van der Waals surface area contributed by atoms with Gasteiger partial charge in [0.1, 0.15) is 17.2 Å². The minimum atomic E-state index is -0.169. The second kappa shape index (κ2) is 3.59. The Labute approximate surface area is 93.7 Å². The van der Waals surface area contributed by atoms with E-state index in [1.807, 2.05) is 6.07 Å². The maximum atomic E-state index is 13.8. The van der Waals surface area contributed by atoms with Gasteiger partial charge in [-0.2, -0.15) is 0 Å². The molecule has 0 fully saturated rings. The van der Waals surface area contributed by atoms with Crippen LogP contribution in [0.2, 0.25) is 0 Å². The van der Waals surface area contributed by atoms with Crippen molar-refractivity contribution in [1.29, 1.82) is 0 Å². The molecule has 16 heavy (non-hydrogen) atoms. The van der Waals surface area contributed by atoms with E-state index in [1.54, 1.807) is 6.07 Å². The SMILES string of the molecule is CN1CCCc2oc3cccc(F)c3c2C1. The van der Waals surface area contributed by atoms with E-state index in [-0.39, 0.29) is 5.82 Å². The molecule has 0 aliphatic carbocycles. The van der Waals surface area contributed by atoms with E-state index in [2.05, 4.69) is 11.9 Å². The molecule has 0 saturated carbocycles. The third-order valence-electron chi connectivity index (χ3n) is 3.22. The van der Waals surface area contributed by atoms with E-state index < -0.39 is 0 Å². The number of hydrogen-bond donors (Lipinski definition) is 0. The Morgan fingerprint density at radius 2 is 2.25 bits per heavy atom. The molecule has 0 radical (unpaired) electrons. The van der Waals surface area contributed by atoms with Gasteiger partial charge in [0, 0.05) is 18.5 Å². The number of rotatable bonds is 0. The largest absolute Gasteiger partial charge is 0.461 e. The molecule has 1 aliphatic heterocycles. The van der Waals surface area contributed by atoms with Gasteiger partial charge in [0.15, 0.2) is 0 Å². The highest BCUT2D eigenvalue weighted by Gasteiger charge is 2.20. The van der Waals surface area contributed by atoms with Gasteiger partial charge in [0.05, 0.1) is 5.39 Å². The molecular formula is C13H14FNO. The maximum absolute atomic E-state index is 13.8. The van der Waals surface area contributed by atoms with Crippen LogP contribution in [-0.2, 0) is 13.0 Å². The van der Waals surface area contributed by atoms with E-state index >= 15 is 0 Å². The number of furan rings is 1. The Hall–Kier alpha value is -1.35. The summed E-state index contributed by atoms with van der Waals surface area (Å²) in [5.74, 6) is 0.794. The Kier molecular flexibility index (Phi) is 2.21. The predicted octanol–water partition coefficient (Wildman–Crippen LogP) is 2.95. The molecule has 2 heterocycles. The quantitative estimate of drug-likeness (QED) is 0.677. The Balaban J connectivity index is 2.25. The van der Waals surface area contributed by atoms with Crippen LogP contribution in [-0.4, -0.2) is 18.5 Å². The second-order valence-electron chi connectivity index (χ2n) is 4.46. The zero-order valence-electron chi connectivity index (χ0n) is 9.29. The van der Waals surface area contributed by atoms with Crippen LogP contribution in [0, 0.1) is 5.82 Å². The molecule has 0 spiro atoms. The molecule has 0 unspecified atom stereocenters. The van der Waals surface area contributed by atoms with Crippen molar-refractivity contribution in [3.8, 4) is 0 Å². The first-order chi connectivity index (χ1) is 7.75. The lowest BCUT2D eigenvalue weighted by molar-refractivity contribution is 0.333. The number of hydrogen-bond acceptors (Lipinski definition) is 2. The normalized spacial score (nSPS) is 17.4. The zero-order valence-corrected chi connectivity index (χ0v) is 9.29. The second-order valence-corrected chi connectivity index (χ2v) is 4.46. The monoisotopic (exact) mass is 219 g/mol. The molecule has 1 aromatic heterocycles. The van der Waals surface area contributed by atoms with Gasteiger partial charge < -0.3 is 9.32 Å². The van der Waals surface area contributed by atoms with E-state index in [0.717, 1.165) is 37.3 Å². The summed E-state index contributed by atoms with van der Waals surface area (Å²) in [6.45, 7) is 1.82. The molecule has 0 bridgehead atoms. The lowest BCUT2D eigenvalue weighted by atomic mass is 10.1. The topological polar surface area (TPSA) is 16.4 Å². The van der Waals surface area contributed by atoms with Crippen LogP contribution in [0.1, 0.15) is 17.7 Å². The number of aryl methyl sites for hydroxylation is 1. The first-order valence-corrected chi connectivity index (χ1v) is 5.63. The number of nitrogens with zero attached hydrogens (tertiary/aromatic N) is 1. The van der Waals surface area contributed by atoms with Crippen LogP contribution in [0.15, 0.2) is 22.6 Å². The van der Waals surface area contributed by atoms with Gasteiger partial charge in [-0.05, 0) is 32.1 Å². The van der Waals surface area contributed by atoms with Gasteiger partial charge in [-0.3, -0.25) is 0 Å². The van der Waals surface area contributed by atoms with Crippen LogP contribution in [0.4, 0.5) is 4.39 Å². The average molecular weight is 219 g/mol. The van der Waals surface area contributed by atoms with Crippen LogP contribution >= 0.6 is 0 Å². The van der Waals surface area contributed by atoms with Crippen LogP contribution < -0.4 is 0 Å². The first kappa shape index (κ1) is 9.85. The highest BCUT2D eigenvalue weighted by molar-refractivity contribution is 5.83. The summed E-state index contributed by atoms with van der Waals surface area (Å²) < 4.78 is 19.5. The lowest BCUT2D eigenvalue weighted by Crippen LogP contribution is -2.17. The van der Waals surface area contributed by atoms with Gasteiger partial charge >= 0.3 is 0 Å². The zero-order chi connectivity index (χ0) is 11.1. The molecule has 0 N–H and O–H groups in total. The molecule has 3 heteroatoms. The third kappa shape index (κ3) is 1.43. The van der Waals surface area contributed by atoms with Gasteiger partial charge in [0.2, 0.25) is 0 Å². The van der Waals surface area contributed by atoms with Crippen molar-refractivity contribution in [1.82, 2.24) is 4.90 Å². The highest BCUT2D eigenvalue weighted by Crippen LogP contribution is 2.31. The summed E-state index contributed by atoms with van der Waals surface area (Å²) in [7, 11) is 2.06. The van der Waals surface area contributed by atoms with Gasteiger partial charge in [0.25, 0.3) is 0 Å². The fourth-order valence-electron chi connectivity index (χ4n) is 2.44. The third-order valence-corrected chi connectivity index (χ3v) is 3.22. The smallest absolute Gasteiger partial charge is 0.137 e. The van der Waals surface area contributed by atoms with Crippen molar-refractivity contribution in [2.24, 2.45) is 0 Å². The molecule has 84 valence electrons. The van der Waals surface area contributed by atoms with E-state index in [1.165, 1.54) is 6.07 Å². The highest BCUT2D eigenvalue weighted by atomic mass is 19.1. The van der Waals surface area contributed by atoms with Crippen LogP contribution in [0.3, 0.4) is 0 Å². The van der Waals surface area contributed by atoms with Crippen molar-refractivity contribution >= 4 is 11.0 Å². The summed E-state index contributed by atoms with van der Waals surface area (Å²) in [6.07, 6.45) is 1.98. The summed E-state index contributed by atoms with van der Waals surface area (Å²) in [5.41, 5.74) is 1.72. The molecule has 1 aliphatic rings. The fourth-order valence-corrected chi connectivity index (χ4v) is 2.44. The van der Waals surface area contributed by atoms with Gasteiger partial charge in [-0.25, -0.2) is 4.39 Å². The molecule has 1 aromatic carbocycles. The Morgan fingerprint density at radius 3 is 3.12 bits per heavy atom. The fraction of sp³-hybridized carbons (Fsp3) is 0.385. The van der Waals surface area contributed by atoms with Crippen molar-refractivity contribution in [3.63, 3.8) is 0 Å². The summed E-state index contributed by atoms with van der Waals surface area (Å²) in [6, 6.07) is 5.04. The van der Waals surface area contributed by atoms with Crippen LogP contribution in [0.5, 0.6) is 0 Å². The van der Waals surface area contributed by atoms with Crippen LogP contribution in [0.25, 0.3) is 11.0 Å². The standard InChI is InChI=1S/C13H14FNO/c1-15-7-3-6-11-9(8-15)13-10(14)4-2-5-12(13)16-11/h2,4-5H,3,6-8H2,1H3. The lowest BCUT2D eigenvalue weighted by Gasteiger charge is -2.12. The van der Waals surface area contributed by atoms with Crippen molar-refractivity contribution in [2.75, 3.05) is 13.6 Å². The van der Waals surface area contributed by atoms with Crippen molar-refractivity contribution < 1.29 is 8.81 Å². The molecule has 0 saturated heterocycles. The minimum absolute atomic E-state index is 0.169. The van der Waals surface area contributed by atoms with E-state index in [9.17, 15) is 4.39 Å². The van der Waals surface area contributed by atoms with E-state index in [0.29, 0.717) is 11.0 Å². The van der Waals surface area contributed by atoms with Crippen molar-refractivity contribution in [3.05, 3.63) is 35.3 Å². The molecule has 2 nitrogen and oxygen atoms in total. The predicted molar refractivity (Wildman–Crippen MR) is 60.8 cm³/mol. The molecule has 0 amide bonds. The Bertz CT molecular complexity index is 532. The molecule has 0 atom stereocenters. The summed E-state index contributed by atoms with van der Waals surface area (Å²) >= 11 is 0. The number of halogens is 1. The van der Waals surface area contributed by atoms with Gasteiger partial charge in [-0.1, -0.05) is 6.07 Å². The maximum Gasteiger partial charge on any atom is 0.137 e. The Morgan fingerprint density at radius 1 is 1.38 bits per heavy atom. The molecule has 2 aromatic rings. The first-order valence-electron chi connectivity index (χ1n) is 5.63. The number of benzene rings is 1. The number of fused-ring (bicyclic) bond motifs is 3. The summed E-state index contributed by atoms with van der Waals surface area (Å²) in [4.78, 5) is 2.22. The minimum Gasteiger partial charge on any atom is -0.461 e. The molecule has 3 rings (SSSR count). The molecular weight excluding hydrogens is 205 g/mol. The average Bonchev–Trinajstić information content (AvgIpc) is 2.48. The summed E-state index contributed by atoms with van der Waals surface area (Å²) in [5, 5.41) is 0.672.